The van der Waals surface area contributed by atoms with Crippen molar-refractivity contribution in [3.05, 3.63) is 82.2 Å². The Hall–Kier alpha value is -3.16. The fourth-order valence-corrected chi connectivity index (χ4v) is 5.17. The summed E-state index contributed by atoms with van der Waals surface area (Å²) in [5.74, 6) is 0.743. The predicted octanol–water partition coefficient (Wildman–Crippen LogP) is 3.40. The van der Waals surface area contributed by atoms with Crippen molar-refractivity contribution in [1.29, 1.82) is 0 Å². The van der Waals surface area contributed by atoms with Crippen molar-refractivity contribution in [3.8, 4) is 5.75 Å². The molecule has 1 amide bonds. The number of aromatic nitrogens is 2. The lowest BCUT2D eigenvalue weighted by atomic mass is 10.0. The maximum absolute atomic E-state index is 13.6. The zero-order valence-corrected chi connectivity index (χ0v) is 20.6. The average molecular weight is 475 g/mol. The number of benzene rings is 2. The first-order valence-corrected chi connectivity index (χ1v) is 12.5. The van der Waals surface area contributed by atoms with E-state index in [4.69, 9.17) is 9.84 Å². The van der Waals surface area contributed by atoms with Crippen LogP contribution >= 0.6 is 0 Å². The molecule has 0 saturated carbocycles. The molecule has 2 aliphatic heterocycles. The van der Waals surface area contributed by atoms with Crippen LogP contribution in [0, 0.1) is 6.92 Å². The highest BCUT2D eigenvalue weighted by Crippen LogP contribution is 2.27. The van der Waals surface area contributed by atoms with Gasteiger partial charge in [0.15, 0.2) is 5.69 Å². The van der Waals surface area contributed by atoms with E-state index >= 15 is 0 Å². The number of carbonyl (C=O) groups is 1. The van der Waals surface area contributed by atoms with Gasteiger partial charge in [-0.15, -0.1) is 0 Å². The zero-order chi connectivity index (χ0) is 24.4. The summed E-state index contributed by atoms with van der Waals surface area (Å²) in [6, 6.07) is 16.6. The van der Waals surface area contributed by atoms with Crippen LogP contribution in [0.25, 0.3) is 0 Å². The Morgan fingerprint density at radius 2 is 1.94 bits per heavy atom. The van der Waals surface area contributed by atoms with Crippen LogP contribution in [0.4, 0.5) is 0 Å². The molecule has 35 heavy (non-hydrogen) atoms. The molecule has 3 heterocycles. The lowest BCUT2D eigenvalue weighted by Crippen LogP contribution is -2.43. The van der Waals surface area contributed by atoms with Crippen molar-refractivity contribution in [3.63, 3.8) is 0 Å². The smallest absolute Gasteiger partial charge is 0.274 e. The summed E-state index contributed by atoms with van der Waals surface area (Å²) >= 11 is 0. The molecule has 7 heteroatoms. The number of ether oxygens (including phenoxy) is 1. The van der Waals surface area contributed by atoms with Gasteiger partial charge in [-0.3, -0.25) is 14.4 Å². The topological polar surface area (TPSA) is 70.8 Å². The van der Waals surface area contributed by atoms with Gasteiger partial charge in [0.2, 0.25) is 0 Å². The quantitative estimate of drug-likeness (QED) is 0.593. The lowest BCUT2D eigenvalue weighted by molar-refractivity contribution is 0.0466. The summed E-state index contributed by atoms with van der Waals surface area (Å²) in [5, 5.41) is 15.0. The number of hydrogen-bond acceptors (Lipinski definition) is 5. The van der Waals surface area contributed by atoms with Crippen molar-refractivity contribution in [2.75, 3.05) is 26.7 Å². The Bertz CT molecular complexity index is 1190. The van der Waals surface area contributed by atoms with Crippen LogP contribution in [0.1, 0.15) is 51.3 Å². The van der Waals surface area contributed by atoms with Gasteiger partial charge in [-0.25, -0.2) is 0 Å². The molecule has 3 aromatic rings. The first-order valence-electron chi connectivity index (χ1n) is 12.5. The van der Waals surface area contributed by atoms with Crippen LogP contribution in [0.15, 0.2) is 48.5 Å². The number of likely N-dealkylation sites (tertiary alicyclic amines) is 1. The summed E-state index contributed by atoms with van der Waals surface area (Å²) < 4.78 is 7.40. The third-order valence-electron chi connectivity index (χ3n) is 7.09. The molecule has 7 nitrogen and oxygen atoms in total. The summed E-state index contributed by atoms with van der Waals surface area (Å²) in [7, 11) is 1.67. The Kier molecular flexibility index (Phi) is 6.88. The zero-order valence-electron chi connectivity index (χ0n) is 20.6. The van der Waals surface area contributed by atoms with E-state index in [-0.39, 0.29) is 5.91 Å². The lowest BCUT2D eigenvalue weighted by Gasteiger charge is -2.31. The number of fused-ring (bicyclic) bond motifs is 1. The third-order valence-corrected chi connectivity index (χ3v) is 7.09. The molecule has 0 spiro atoms. The molecular weight excluding hydrogens is 440 g/mol. The Balaban J connectivity index is 1.44. The highest BCUT2D eigenvalue weighted by atomic mass is 16.5. The first-order chi connectivity index (χ1) is 17.0. The molecule has 1 saturated heterocycles. The number of amides is 1. The van der Waals surface area contributed by atoms with Crippen molar-refractivity contribution in [2.45, 2.75) is 51.9 Å². The fraction of sp³-hybridized carbons (Fsp3) is 0.429. The Morgan fingerprint density at radius 3 is 2.71 bits per heavy atom. The van der Waals surface area contributed by atoms with Crippen molar-refractivity contribution in [2.24, 2.45) is 0 Å². The highest BCUT2D eigenvalue weighted by molar-refractivity contribution is 5.94. The van der Waals surface area contributed by atoms with Crippen LogP contribution in [0.5, 0.6) is 5.75 Å². The third kappa shape index (κ3) is 5.26. The molecule has 2 aromatic carbocycles. The van der Waals surface area contributed by atoms with Crippen LogP contribution < -0.4 is 4.74 Å². The molecular formula is C28H34N4O3. The molecule has 0 bridgehead atoms. The molecule has 184 valence electrons. The molecule has 2 aliphatic rings. The van der Waals surface area contributed by atoms with Gasteiger partial charge in [0.05, 0.1) is 19.8 Å². The summed E-state index contributed by atoms with van der Waals surface area (Å²) in [5.41, 5.74) is 6.31. The monoisotopic (exact) mass is 474 g/mol. The first kappa shape index (κ1) is 23.6. The van der Waals surface area contributed by atoms with E-state index in [1.165, 1.54) is 11.1 Å². The average Bonchev–Trinajstić information content (AvgIpc) is 3.22. The van der Waals surface area contributed by atoms with Crippen LogP contribution in [0.2, 0.25) is 0 Å². The van der Waals surface area contributed by atoms with Gasteiger partial charge in [-0.2, -0.15) is 5.10 Å². The van der Waals surface area contributed by atoms with E-state index < -0.39 is 6.10 Å². The minimum absolute atomic E-state index is 0.0680. The number of piperidine rings is 1. The molecule has 1 fully saturated rings. The standard InChI is InChI=1S/C28H34N4O3/c1-20-8-10-21(11-9-20)16-30-14-12-26-25(19-30)27(28(34)31-13-4-6-23(33)18-31)29-32(26)17-22-5-3-7-24(15-22)35-2/h3,5,7-11,15,23,33H,4,6,12-14,16-19H2,1-2H3/t23-/m1/s1. The van der Waals surface area contributed by atoms with Gasteiger partial charge in [0, 0.05) is 50.4 Å². The molecule has 0 radical (unpaired) electrons. The molecule has 1 aromatic heterocycles. The maximum atomic E-state index is 13.6. The normalized spacial score (nSPS) is 18.4. The summed E-state index contributed by atoms with van der Waals surface area (Å²) in [6.45, 7) is 6.19. The van der Waals surface area contributed by atoms with Gasteiger partial charge in [0.1, 0.15) is 5.75 Å². The Labute approximate surface area is 206 Å². The van der Waals surface area contributed by atoms with Gasteiger partial charge >= 0.3 is 0 Å². The van der Waals surface area contributed by atoms with Crippen molar-refractivity contribution in [1.82, 2.24) is 19.6 Å². The second-order valence-electron chi connectivity index (χ2n) is 9.78. The van der Waals surface area contributed by atoms with E-state index in [9.17, 15) is 9.90 Å². The molecule has 0 aliphatic carbocycles. The molecule has 0 unspecified atom stereocenters. The van der Waals surface area contributed by atoms with Crippen molar-refractivity contribution >= 4 is 5.91 Å². The van der Waals surface area contributed by atoms with E-state index in [0.29, 0.717) is 31.9 Å². The molecule has 1 atom stereocenters. The van der Waals surface area contributed by atoms with Crippen LogP contribution in [-0.4, -0.2) is 63.4 Å². The molecule has 1 N–H and O–H groups in total. The number of nitrogens with zero attached hydrogens (tertiary/aromatic N) is 4. The number of aryl methyl sites for hydroxylation is 1. The van der Waals surface area contributed by atoms with E-state index in [1.54, 1.807) is 12.0 Å². The summed E-state index contributed by atoms with van der Waals surface area (Å²) in [4.78, 5) is 17.8. The second-order valence-corrected chi connectivity index (χ2v) is 9.78. The number of aliphatic hydroxyl groups is 1. The number of rotatable bonds is 6. The van der Waals surface area contributed by atoms with Gasteiger partial charge in [-0.1, -0.05) is 42.0 Å². The SMILES string of the molecule is COc1cccc(Cn2nc(C(=O)N3CCC[C@@H](O)C3)c3c2CCN(Cc2ccc(C)cc2)C3)c1. The second kappa shape index (κ2) is 10.2. The number of carbonyl (C=O) groups excluding carboxylic acids is 1. The van der Waals surface area contributed by atoms with Gasteiger partial charge in [0.25, 0.3) is 5.91 Å². The van der Waals surface area contributed by atoms with E-state index in [1.807, 2.05) is 22.9 Å². The van der Waals surface area contributed by atoms with Gasteiger partial charge < -0.3 is 14.7 Å². The molecule has 5 rings (SSSR count). The maximum Gasteiger partial charge on any atom is 0.274 e. The number of hydrogen-bond donors (Lipinski definition) is 1. The minimum Gasteiger partial charge on any atom is -0.497 e. The van der Waals surface area contributed by atoms with E-state index in [2.05, 4.69) is 42.2 Å². The minimum atomic E-state index is -0.458. The van der Waals surface area contributed by atoms with E-state index in [0.717, 1.165) is 54.9 Å². The number of β-amino-alcohol motifs (C(OH)–C–C–N with tert-alkyl or cyclic N) is 1. The summed E-state index contributed by atoms with van der Waals surface area (Å²) in [6.07, 6.45) is 1.95. The predicted molar refractivity (Wildman–Crippen MR) is 134 cm³/mol. The Morgan fingerprint density at radius 1 is 1.11 bits per heavy atom. The number of methoxy groups -OCH3 is 1. The fourth-order valence-electron chi connectivity index (χ4n) is 5.17. The van der Waals surface area contributed by atoms with Crippen LogP contribution in [-0.2, 0) is 26.1 Å². The van der Waals surface area contributed by atoms with Crippen molar-refractivity contribution < 1.29 is 14.6 Å². The number of aliphatic hydroxyl groups excluding tert-OH is 1. The van der Waals surface area contributed by atoms with Crippen LogP contribution in [0.3, 0.4) is 0 Å². The van der Waals surface area contributed by atoms with Gasteiger partial charge in [-0.05, 0) is 43.0 Å². The highest BCUT2D eigenvalue weighted by Gasteiger charge is 2.32. The largest absolute Gasteiger partial charge is 0.497 e.